The van der Waals surface area contributed by atoms with E-state index in [1.165, 1.54) is 0 Å². The number of hydrogen-bond donors (Lipinski definition) is 1. The van der Waals surface area contributed by atoms with Crippen LogP contribution in [-0.2, 0) is 25.7 Å². The molecule has 1 aliphatic heterocycles. The summed E-state index contributed by atoms with van der Waals surface area (Å²) < 4.78 is 10.2. The maximum atomic E-state index is 11.7. The number of ether oxygens (including phenoxy) is 2. The number of hydrogen-bond acceptors (Lipinski definition) is 7. The number of nitrogens with zero attached hydrogens (tertiary/aromatic N) is 2. The van der Waals surface area contributed by atoms with Crippen LogP contribution in [0.2, 0.25) is 0 Å². The monoisotopic (exact) mass is 337 g/mol. The van der Waals surface area contributed by atoms with Crippen LogP contribution in [0.5, 0.6) is 0 Å². The van der Waals surface area contributed by atoms with Gasteiger partial charge in [-0.1, -0.05) is 30.3 Å². The second-order valence-electron chi connectivity index (χ2n) is 5.41. The molecular formula is C16H23N3O5. The lowest BCUT2D eigenvalue weighted by Gasteiger charge is -2.32. The third-order valence-electron chi connectivity index (χ3n) is 3.53. The first-order chi connectivity index (χ1) is 11.6. The van der Waals surface area contributed by atoms with Crippen LogP contribution in [0.1, 0.15) is 5.56 Å². The van der Waals surface area contributed by atoms with Crippen LogP contribution in [0.3, 0.4) is 0 Å². The molecule has 0 atom stereocenters. The van der Waals surface area contributed by atoms with Crippen molar-refractivity contribution in [1.29, 1.82) is 0 Å². The SMILES string of the molecule is NC(=O)COCCN1CCN(OC(=O)OCc2ccccc2)CC1. The first kappa shape index (κ1) is 18.2. The quantitative estimate of drug-likeness (QED) is 0.541. The van der Waals surface area contributed by atoms with Crippen molar-refractivity contribution in [3.05, 3.63) is 35.9 Å². The van der Waals surface area contributed by atoms with Crippen LogP contribution in [0, 0.1) is 0 Å². The van der Waals surface area contributed by atoms with E-state index in [9.17, 15) is 9.59 Å². The molecule has 1 aromatic carbocycles. The summed E-state index contributed by atoms with van der Waals surface area (Å²) in [5, 5.41) is 1.59. The zero-order valence-corrected chi connectivity index (χ0v) is 13.6. The number of hydroxylamine groups is 2. The third kappa shape index (κ3) is 6.95. The van der Waals surface area contributed by atoms with Crippen molar-refractivity contribution in [1.82, 2.24) is 9.96 Å². The summed E-state index contributed by atoms with van der Waals surface area (Å²) in [6.07, 6.45) is -0.697. The molecular weight excluding hydrogens is 314 g/mol. The minimum atomic E-state index is -0.697. The van der Waals surface area contributed by atoms with Gasteiger partial charge in [0.25, 0.3) is 0 Å². The van der Waals surface area contributed by atoms with Gasteiger partial charge in [-0.2, -0.15) is 0 Å². The van der Waals surface area contributed by atoms with Crippen molar-refractivity contribution in [2.45, 2.75) is 6.61 Å². The molecule has 0 unspecified atom stereocenters. The van der Waals surface area contributed by atoms with Crippen molar-refractivity contribution in [3.63, 3.8) is 0 Å². The molecule has 1 heterocycles. The molecule has 8 heteroatoms. The highest BCUT2D eigenvalue weighted by Gasteiger charge is 2.20. The van der Waals surface area contributed by atoms with Gasteiger partial charge in [-0.15, -0.1) is 5.06 Å². The molecule has 0 spiro atoms. The van der Waals surface area contributed by atoms with Crippen molar-refractivity contribution in [2.24, 2.45) is 5.73 Å². The fraction of sp³-hybridized carbons (Fsp3) is 0.500. The molecule has 1 fully saturated rings. The Morgan fingerprint density at radius 1 is 1.08 bits per heavy atom. The maximum absolute atomic E-state index is 11.7. The van der Waals surface area contributed by atoms with Gasteiger partial charge < -0.3 is 20.0 Å². The van der Waals surface area contributed by atoms with Gasteiger partial charge in [0, 0.05) is 32.7 Å². The van der Waals surface area contributed by atoms with E-state index < -0.39 is 12.1 Å². The van der Waals surface area contributed by atoms with Gasteiger partial charge in [-0.25, -0.2) is 4.79 Å². The lowest BCUT2D eigenvalue weighted by molar-refractivity contribution is -0.148. The van der Waals surface area contributed by atoms with Crippen molar-refractivity contribution in [3.8, 4) is 0 Å². The lowest BCUT2D eigenvalue weighted by atomic mass is 10.2. The highest BCUT2D eigenvalue weighted by atomic mass is 16.8. The number of carbonyl (C=O) groups excluding carboxylic acids is 2. The van der Waals surface area contributed by atoms with Crippen LogP contribution in [0.25, 0.3) is 0 Å². The molecule has 0 radical (unpaired) electrons. The van der Waals surface area contributed by atoms with E-state index in [1.54, 1.807) is 5.06 Å². The molecule has 1 aromatic rings. The summed E-state index contributed by atoms with van der Waals surface area (Å²) in [6.45, 7) is 3.96. The van der Waals surface area contributed by atoms with E-state index in [0.29, 0.717) is 26.2 Å². The Bertz CT molecular complexity index is 518. The zero-order valence-electron chi connectivity index (χ0n) is 13.6. The highest BCUT2D eigenvalue weighted by Crippen LogP contribution is 2.06. The standard InChI is InChI=1S/C16H23N3O5/c17-15(20)13-22-11-10-18-6-8-19(9-7-18)24-16(21)23-12-14-4-2-1-3-5-14/h1-5H,6-13H2,(H2,17,20). The molecule has 1 saturated heterocycles. The molecule has 8 nitrogen and oxygen atoms in total. The van der Waals surface area contributed by atoms with Crippen molar-refractivity contribution in [2.75, 3.05) is 45.9 Å². The number of benzene rings is 1. The number of amides is 1. The molecule has 1 aliphatic rings. The van der Waals surface area contributed by atoms with Crippen molar-refractivity contribution >= 4 is 12.1 Å². The summed E-state index contributed by atoms with van der Waals surface area (Å²) in [7, 11) is 0. The highest BCUT2D eigenvalue weighted by molar-refractivity contribution is 5.74. The van der Waals surface area contributed by atoms with Crippen LogP contribution < -0.4 is 5.73 Å². The van der Waals surface area contributed by atoms with E-state index in [0.717, 1.165) is 18.7 Å². The van der Waals surface area contributed by atoms with Gasteiger partial charge in [0.1, 0.15) is 13.2 Å². The molecule has 0 bridgehead atoms. The summed E-state index contributed by atoms with van der Waals surface area (Å²) in [6, 6.07) is 9.44. The fourth-order valence-electron chi connectivity index (χ4n) is 2.26. The van der Waals surface area contributed by atoms with E-state index in [1.807, 2.05) is 30.3 Å². The number of carbonyl (C=O) groups is 2. The van der Waals surface area contributed by atoms with Gasteiger partial charge in [0.05, 0.1) is 6.61 Å². The third-order valence-corrected chi connectivity index (χ3v) is 3.53. The van der Waals surface area contributed by atoms with E-state index in [-0.39, 0.29) is 13.2 Å². The Morgan fingerprint density at radius 2 is 1.79 bits per heavy atom. The molecule has 0 saturated carbocycles. The Hall–Kier alpha value is -2.16. The molecule has 0 aromatic heterocycles. The van der Waals surface area contributed by atoms with Crippen LogP contribution in [-0.4, -0.2) is 68.0 Å². The Kier molecular flexibility index (Phi) is 7.47. The van der Waals surface area contributed by atoms with Crippen molar-refractivity contribution < 1.29 is 23.9 Å². The molecule has 0 aliphatic carbocycles. The molecule has 1 amide bonds. The molecule has 2 N–H and O–H groups in total. The second kappa shape index (κ2) is 9.86. The topological polar surface area (TPSA) is 94.3 Å². The van der Waals surface area contributed by atoms with Crippen LogP contribution in [0.15, 0.2) is 30.3 Å². The van der Waals surface area contributed by atoms with Gasteiger partial charge >= 0.3 is 6.16 Å². The number of primary amides is 1. The van der Waals surface area contributed by atoms with Crippen LogP contribution in [0.4, 0.5) is 4.79 Å². The van der Waals surface area contributed by atoms with Gasteiger partial charge in [0.15, 0.2) is 0 Å². The predicted octanol–water partition coefficient (Wildman–Crippen LogP) is 0.374. The van der Waals surface area contributed by atoms with Gasteiger partial charge in [0.2, 0.25) is 5.91 Å². The van der Waals surface area contributed by atoms with Gasteiger partial charge in [-0.3, -0.25) is 9.69 Å². The number of piperazine rings is 1. The minimum absolute atomic E-state index is 0.0592. The maximum Gasteiger partial charge on any atom is 0.528 e. The van der Waals surface area contributed by atoms with E-state index in [2.05, 4.69) is 4.90 Å². The summed E-state index contributed by atoms with van der Waals surface area (Å²) in [5.41, 5.74) is 5.91. The fourth-order valence-corrected chi connectivity index (χ4v) is 2.26. The average molecular weight is 337 g/mol. The summed E-state index contributed by atoms with van der Waals surface area (Å²) >= 11 is 0. The number of nitrogens with two attached hydrogens (primary N) is 1. The molecule has 24 heavy (non-hydrogen) atoms. The largest absolute Gasteiger partial charge is 0.528 e. The molecule has 132 valence electrons. The van der Waals surface area contributed by atoms with E-state index >= 15 is 0 Å². The smallest absolute Gasteiger partial charge is 0.428 e. The Labute approximate surface area is 141 Å². The second-order valence-corrected chi connectivity index (χ2v) is 5.41. The summed E-state index contributed by atoms with van der Waals surface area (Å²) in [5.74, 6) is -0.470. The first-order valence-electron chi connectivity index (χ1n) is 7.85. The van der Waals surface area contributed by atoms with Gasteiger partial charge in [-0.05, 0) is 5.56 Å². The predicted molar refractivity (Wildman–Crippen MR) is 85.7 cm³/mol. The normalized spacial score (nSPS) is 15.8. The Morgan fingerprint density at radius 3 is 2.46 bits per heavy atom. The zero-order chi connectivity index (χ0) is 17.2. The summed E-state index contributed by atoms with van der Waals surface area (Å²) in [4.78, 5) is 29.6. The first-order valence-corrected chi connectivity index (χ1v) is 7.85. The minimum Gasteiger partial charge on any atom is -0.428 e. The Balaban J connectivity index is 1.57. The average Bonchev–Trinajstić information content (AvgIpc) is 2.59. The molecule has 2 rings (SSSR count). The lowest BCUT2D eigenvalue weighted by Crippen LogP contribution is -2.47. The number of rotatable bonds is 8. The van der Waals surface area contributed by atoms with E-state index in [4.69, 9.17) is 20.0 Å². The van der Waals surface area contributed by atoms with Crippen LogP contribution >= 0.6 is 0 Å².